The van der Waals surface area contributed by atoms with E-state index in [0.29, 0.717) is 43.5 Å². The van der Waals surface area contributed by atoms with Crippen LogP contribution < -0.4 is 20.1 Å². The van der Waals surface area contributed by atoms with E-state index in [0.717, 1.165) is 11.3 Å². The van der Waals surface area contributed by atoms with Crippen molar-refractivity contribution in [3.8, 4) is 23.1 Å². The first-order valence-corrected chi connectivity index (χ1v) is 13.4. The van der Waals surface area contributed by atoms with Gasteiger partial charge in [0.1, 0.15) is 22.3 Å². The molecule has 2 heterocycles. The Kier molecular flexibility index (Phi) is 7.73. The lowest BCUT2D eigenvalue weighted by Crippen LogP contribution is -2.32. The molecule has 10 heteroatoms. The largest absolute Gasteiger partial charge is 0.457 e. The predicted molar refractivity (Wildman–Crippen MR) is 156 cm³/mol. The lowest BCUT2D eigenvalue weighted by molar-refractivity contribution is -0.111. The second-order valence-electron chi connectivity index (χ2n) is 8.14. The highest BCUT2D eigenvalue weighted by molar-refractivity contribution is 7.07. The van der Waals surface area contributed by atoms with Crippen LogP contribution in [-0.4, -0.2) is 10.5 Å². The van der Waals surface area contributed by atoms with Gasteiger partial charge < -0.3 is 9.73 Å². The van der Waals surface area contributed by atoms with E-state index in [-0.39, 0.29) is 14.8 Å². The lowest BCUT2D eigenvalue weighted by atomic mass is 10.2. The number of rotatable bonds is 5. The van der Waals surface area contributed by atoms with Crippen molar-refractivity contribution in [2.45, 2.75) is 0 Å². The molecule has 0 fully saturated rings. The summed E-state index contributed by atoms with van der Waals surface area (Å²) < 4.78 is 7.71. The smallest absolute Gasteiger partial charge is 0.273 e. The summed E-state index contributed by atoms with van der Waals surface area (Å²) in [5, 5.41) is 13.8. The Hall–Kier alpha value is -4.06. The summed E-state index contributed by atoms with van der Waals surface area (Å²) in [4.78, 5) is 26.8. The lowest BCUT2D eigenvalue weighted by Gasteiger charge is -2.07. The number of nitriles is 1. The molecule has 5 aromatic rings. The van der Waals surface area contributed by atoms with E-state index in [4.69, 9.17) is 39.2 Å². The van der Waals surface area contributed by atoms with Crippen molar-refractivity contribution in [3.05, 3.63) is 125 Å². The van der Waals surface area contributed by atoms with Crippen LogP contribution >= 0.6 is 46.1 Å². The minimum atomic E-state index is -0.692. The summed E-state index contributed by atoms with van der Waals surface area (Å²) in [5.41, 5.74) is 0.916. The number of aromatic nitrogens is 1. The van der Waals surface area contributed by atoms with Crippen molar-refractivity contribution in [1.29, 1.82) is 5.26 Å². The van der Waals surface area contributed by atoms with Gasteiger partial charge in [-0.05, 0) is 54.6 Å². The average molecular weight is 593 g/mol. The molecular weight excluding hydrogens is 577 g/mol. The van der Waals surface area contributed by atoms with Gasteiger partial charge in [0.15, 0.2) is 5.57 Å². The molecule has 0 spiro atoms. The van der Waals surface area contributed by atoms with Crippen LogP contribution in [0, 0.1) is 11.3 Å². The number of benzene rings is 3. The molecule has 0 atom stereocenters. The molecule has 0 radical (unpaired) electrons. The second-order valence-corrected chi connectivity index (χ2v) is 10.4. The standard InChI is InChI=1S/C29H16Cl3N3O3S/c30-21-12-10-17(14-23(21)32)25-13-11-19(38-25)15-26-28(37)35(18-6-2-1-3-7-18)29(39-26)20(16-33)27(36)34-24-9-5-4-8-22(24)31/h1-15H,(H,34,36)/b26-15-,29-20-. The first-order valence-electron chi connectivity index (χ1n) is 11.4. The Bertz CT molecular complexity index is 1940. The third-order valence-electron chi connectivity index (χ3n) is 5.62. The summed E-state index contributed by atoms with van der Waals surface area (Å²) in [6.45, 7) is 0. The van der Waals surface area contributed by atoms with Gasteiger partial charge in [0, 0.05) is 11.6 Å². The molecule has 0 saturated carbocycles. The molecular formula is C29H16Cl3N3O3S. The van der Waals surface area contributed by atoms with Gasteiger partial charge in [-0.2, -0.15) is 5.26 Å². The molecule has 0 aliphatic rings. The van der Waals surface area contributed by atoms with Crippen molar-refractivity contribution in [2.24, 2.45) is 0 Å². The number of carbonyl (C=O) groups excluding carboxylic acids is 1. The van der Waals surface area contributed by atoms with Gasteiger partial charge in [-0.25, -0.2) is 0 Å². The Morgan fingerprint density at radius 1 is 0.923 bits per heavy atom. The van der Waals surface area contributed by atoms with Crippen LogP contribution in [0.1, 0.15) is 5.76 Å². The first kappa shape index (κ1) is 26.5. The minimum absolute atomic E-state index is 0.167. The van der Waals surface area contributed by atoms with Gasteiger partial charge in [0.05, 0.1) is 31.0 Å². The molecule has 6 nitrogen and oxygen atoms in total. The molecule has 0 aliphatic carbocycles. The predicted octanol–water partition coefficient (Wildman–Crippen LogP) is 6.26. The summed E-state index contributed by atoms with van der Waals surface area (Å²) in [6.07, 6.45) is 1.57. The maximum atomic E-state index is 13.6. The maximum absolute atomic E-state index is 13.6. The van der Waals surface area contributed by atoms with Crippen LogP contribution in [0.2, 0.25) is 15.1 Å². The Morgan fingerprint density at radius 3 is 2.38 bits per heavy atom. The van der Waals surface area contributed by atoms with E-state index < -0.39 is 11.5 Å². The number of nitrogens with one attached hydrogen (secondary N) is 1. The van der Waals surface area contributed by atoms with Crippen molar-refractivity contribution < 1.29 is 9.21 Å². The SMILES string of the molecule is N#C/C(C(=O)Nc1ccccc1Cl)=c1/s/c(=C\c2ccc(-c3ccc(Cl)c(Cl)c3)o2)c(=O)n1-c1ccccc1. The van der Waals surface area contributed by atoms with Crippen LogP contribution in [0.5, 0.6) is 0 Å². The molecule has 0 unspecified atom stereocenters. The summed E-state index contributed by atoms with van der Waals surface area (Å²) in [5.74, 6) is 0.242. The monoisotopic (exact) mass is 591 g/mol. The normalized spacial score (nSPS) is 12.2. The molecule has 1 N–H and O–H groups in total. The van der Waals surface area contributed by atoms with E-state index >= 15 is 0 Å². The van der Waals surface area contributed by atoms with E-state index in [1.807, 2.05) is 6.07 Å². The van der Waals surface area contributed by atoms with E-state index in [1.54, 1.807) is 91.0 Å². The average Bonchev–Trinajstić information content (AvgIpc) is 3.53. The zero-order valence-electron chi connectivity index (χ0n) is 19.8. The number of halogens is 3. The number of nitrogens with zero attached hydrogens (tertiary/aromatic N) is 2. The van der Waals surface area contributed by atoms with E-state index in [1.165, 1.54) is 4.57 Å². The zero-order valence-corrected chi connectivity index (χ0v) is 22.9. The van der Waals surface area contributed by atoms with Gasteiger partial charge in [-0.1, -0.05) is 65.1 Å². The van der Waals surface area contributed by atoms with Gasteiger partial charge in [0.2, 0.25) is 0 Å². The Morgan fingerprint density at radius 2 is 1.67 bits per heavy atom. The number of anilines is 1. The second kappa shape index (κ2) is 11.4. The number of hydrogen-bond acceptors (Lipinski definition) is 5. The van der Waals surface area contributed by atoms with Gasteiger partial charge in [0.25, 0.3) is 11.5 Å². The van der Waals surface area contributed by atoms with Crippen LogP contribution in [0.4, 0.5) is 5.69 Å². The fourth-order valence-corrected chi connectivity index (χ4v) is 5.33. The molecule has 39 heavy (non-hydrogen) atoms. The fraction of sp³-hybridized carbons (Fsp3) is 0. The Labute approximate surface area is 241 Å². The number of furan rings is 1. The highest BCUT2D eigenvalue weighted by Crippen LogP contribution is 2.29. The van der Waals surface area contributed by atoms with E-state index in [9.17, 15) is 14.9 Å². The molecule has 2 aromatic heterocycles. The Balaban J connectivity index is 1.66. The maximum Gasteiger partial charge on any atom is 0.273 e. The highest BCUT2D eigenvalue weighted by atomic mass is 35.5. The van der Waals surface area contributed by atoms with Crippen LogP contribution in [0.15, 0.2) is 94.1 Å². The molecule has 0 saturated heterocycles. The van der Waals surface area contributed by atoms with Crippen molar-refractivity contribution in [1.82, 2.24) is 4.57 Å². The van der Waals surface area contributed by atoms with Crippen LogP contribution in [0.3, 0.4) is 0 Å². The topological polar surface area (TPSA) is 88.0 Å². The summed E-state index contributed by atoms with van der Waals surface area (Å²) in [7, 11) is 0. The van der Waals surface area contributed by atoms with Gasteiger partial charge in [-0.15, -0.1) is 11.3 Å². The number of thiazole rings is 1. The van der Waals surface area contributed by atoms with Crippen molar-refractivity contribution in [3.63, 3.8) is 0 Å². The van der Waals surface area contributed by atoms with Crippen molar-refractivity contribution >= 4 is 69.4 Å². The molecule has 0 bridgehead atoms. The third kappa shape index (κ3) is 5.56. The number of hydrogen-bond donors (Lipinski definition) is 1. The van der Waals surface area contributed by atoms with Crippen molar-refractivity contribution in [2.75, 3.05) is 5.32 Å². The fourth-order valence-electron chi connectivity index (χ4n) is 3.77. The third-order valence-corrected chi connectivity index (χ3v) is 7.78. The first-order chi connectivity index (χ1) is 18.9. The van der Waals surface area contributed by atoms with Gasteiger partial charge in [-0.3, -0.25) is 14.2 Å². The number of carbonyl (C=O) groups is 1. The molecule has 1 amide bonds. The zero-order chi connectivity index (χ0) is 27.5. The van der Waals surface area contributed by atoms with Crippen LogP contribution in [0.25, 0.3) is 28.7 Å². The quantitative estimate of drug-likeness (QED) is 0.261. The summed E-state index contributed by atoms with van der Waals surface area (Å²) in [6, 6.07) is 26.0. The molecule has 3 aromatic carbocycles. The number of para-hydroxylation sites is 2. The van der Waals surface area contributed by atoms with Gasteiger partial charge >= 0.3 is 0 Å². The molecule has 192 valence electrons. The molecule has 5 rings (SSSR count). The minimum Gasteiger partial charge on any atom is -0.457 e. The van der Waals surface area contributed by atoms with E-state index in [2.05, 4.69) is 5.32 Å². The molecule has 0 aliphatic heterocycles. The highest BCUT2D eigenvalue weighted by Gasteiger charge is 2.18. The van der Waals surface area contributed by atoms with Crippen LogP contribution in [-0.2, 0) is 4.79 Å². The number of amides is 1. The summed E-state index contributed by atoms with van der Waals surface area (Å²) >= 11 is 19.3.